The highest BCUT2D eigenvalue weighted by Crippen LogP contribution is 2.50. The molecule has 0 bridgehead atoms. The Morgan fingerprint density at radius 1 is 0.556 bits per heavy atom. The van der Waals surface area contributed by atoms with Crippen LogP contribution < -0.4 is 45.6 Å². The van der Waals surface area contributed by atoms with Crippen LogP contribution in [0.1, 0.15) is 58.3 Å². The van der Waals surface area contributed by atoms with E-state index in [4.69, 9.17) is 77.1 Å². The first-order chi connectivity index (χ1) is 46.7. The van der Waals surface area contributed by atoms with Gasteiger partial charge in [0.1, 0.15) is 48.9 Å². The molecule has 1 unspecified atom stereocenters. The summed E-state index contributed by atoms with van der Waals surface area (Å²) >= 11 is 0. The number of hydrogen-bond acceptors (Lipinski definition) is 34. The second-order valence-electron chi connectivity index (χ2n) is 20.3. The van der Waals surface area contributed by atoms with E-state index in [1.54, 1.807) is 38.4 Å². The van der Waals surface area contributed by atoms with Crippen LogP contribution in [-0.4, -0.2) is 199 Å². The highest BCUT2D eigenvalue weighted by Gasteiger charge is 2.33. The van der Waals surface area contributed by atoms with Crippen molar-refractivity contribution in [3.05, 3.63) is 125 Å². The van der Waals surface area contributed by atoms with Gasteiger partial charge >= 0.3 is 66.4 Å². The lowest BCUT2D eigenvalue weighted by molar-refractivity contribution is -0.0115. The number of rotatable bonds is 31. The number of anilines is 3. The third kappa shape index (κ3) is 36.7. The molecule has 0 aromatic carbocycles. The van der Waals surface area contributed by atoms with Crippen molar-refractivity contribution in [3.63, 3.8) is 0 Å². The summed E-state index contributed by atoms with van der Waals surface area (Å²) in [4.78, 5) is 77.2. The molecule has 8 N–H and O–H groups in total. The number of hydrogen-bond donors (Lipinski definition) is 5. The Bertz CT molecular complexity index is 3430. The standard InChI is InChI=1S/C12H21N2O5P.C11H20N3O5P.C10H18N3O6P.C9H14N3O5P.C5H6N2O.C4H11O3P.C4H8O/c1-5-11(19-9-20(16,17-3)18-4)8-14-7-6-10(2)13-12(14)15;1-4-9(19-8-20(16,17-2)18-3)7-14-6-5-10(12)13-11(14)15;1-17-20(16,18-2)7-19-8(6-14)5-13-4-3-9(11)12-10(13)15;1-15-18(14)6-16-7(5-17-18)4-12-3-2-8(10)11-9(12)13;1-4-2-3-6-5(8)7-4;1-4-8(5,6-2)7-3;1-2-4-3-5-4/h6-7,11H,5,8-9H2,1-4H3;5-6,9H,4,7-8H2,1-3H3,(H2,12,13,15);3-4,8,14H,5-7H2,1-2H3,(H2,11,12,15);2-3,7H,4-6H2,1H3,(H2,10,11,13);2-3H,1H3,(H,6,7,8);4H2,1-3H3;4H,2-3H2,1H3/t11-;9-;8-;7-,18?;;;4-/m1100..1/s1. The van der Waals surface area contributed by atoms with Crippen LogP contribution in [0, 0.1) is 13.8 Å². The van der Waals surface area contributed by atoms with Gasteiger partial charge in [0.25, 0.3) is 0 Å². The maximum absolute atomic E-state index is 11.9. The fourth-order valence-electron chi connectivity index (χ4n) is 6.95. The molecule has 2 fully saturated rings. The Labute approximate surface area is 573 Å². The number of aliphatic hydroxyl groups excluding tert-OH is 1. The van der Waals surface area contributed by atoms with E-state index in [1.807, 2.05) is 20.8 Å². The summed E-state index contributed by atoms with van der Waals surface area (Å²) in [5.41, 5.74) is 15.6. The topological polar surface area (TPSA) is 511 Å². The molecule has 0 saturated carbocycles. The molecule has 0 amide bonds. The Balaban J connectivity index is 0.000000600. The zero-order chi connectivity index (χ0) is 75.0. The number of aryl methyl sites for hydroxylation is 2. The zero-order valence-corrected chi connectivity index (χ0v) is 62.9. The first-order valence-corrected chi connectivity index (χ1v) is 38.7. The van der Waals surface area contributed by atoms with E-state index >= 15 is 0 Å². The lowest BCUT2D eigenvalue weighted by Crippen LogP contribution is -2.35. The third-order valence-electron chi connectivity index (χ3n) is 13.3. The van der Waals surface area contributed by atoms with Gasteiger partial charge in [-0.15, -0.1) is 0 Å². The second kappa shape index (κ2) is 47.5. The van der Waals surface area contributed by atoms with Crippen molar-refractivity contribution in [3.8, 4) is 0 Å². The fraction of sp³-hybridized carbons (Fsp3) is 0.636. The average molecular weight is 1510 g/mol. The molecule has 0 aliphatic carbocycles. The fourth-order valence-corrected chi connectivity index (χ4v) is 10.9. The molecule has 0 spiro atoms. The van der Waals surface area contributed by atoms with Gasteiger partial charge in [0.05, 0.1) is 70.4 Å². The molecule has 7 rings (SSSR count). The van der Waals surface area contributed by atoms with E-state index in [1.165, 1.54) is 125 Å². The molecule has 2 saturated heterocycles. The van der Waals surface area contributed by atoms with Crippen molar-refractivity contribution in [2.45, 2.75) is 118 Å². The van der Waals surface area contributed by atoms with Gasteiger partial charge in [-0.1, -0.05) is 27.7 Å². The molecule has 7 heterocycles. The lowest BCUT2D eigenvalue weighted by atomic mass is 10.3. The van der Waals surface area contributed by atoms with Crippen LogP contribution in [-0.2, 0) is 118 Å². The summed E-state index contributed by atoms with van der Waals surface area (Å²) in [7, 11) is -3.77. The molecule has 5 aromatic heterocycles. The molecule has 5 aromatic rings. The summed E-state index contributed by atoms with van der Waals surface area (Å²) in [5, 5.41) is 9.22. The number of aliphatic hydroxyl groups is 1. The summed E-state index contributed by atoms with van der Waals surface area (Å²) in [5.74, 6) is 0.445. The predicted molar refractivity (Wildman–Crippen MR) is 366 cm³/mol. The minimum absolute atomic E-state index is 0.0377. The van der Waals surface area contributed by atoms with Crippen LogP contribution in [0.3, 0.4) is 0 Å². The minimum atomic E-state index is -3.33. The van der Waals surface area contributed by atoms with Gasteiger partial charge in [0, 0.05) is 113 Å². The highest BCUT2D eigenvalue weighted by atomic mass is 31.2. The van der Waals surface area contributed by atoms with E-state index in [0.717, 1.165) is 12.3 Å². The summed E-state index contributed by atoms with van der Waals surface area (Å²) in [6.07, 6.45) is 8.74. The van der Waals surface area contributed by atoms with E-state index < -0.39 is 61.2 Å². The SMILES string of the molecule is CCP(=O)(OC)OC.CC[C@@H]1CO1.CC[C@H](Cn1ccc(C)nc1=O)OCP(=O)(OC)OC.CC[C@H](Cn1ccc(N)nc1=O)OCP(=O)(OC)OC.COP(=O)(CO[C@H](CO)Cn1ccc(N)nc1=O)OC.COP1(=O)CO[C@@H](Cn2ccc(N)nc2=O)CO1.Cc1ccnc(=O)[nH]1. The normalized spacial score (nSPS) is 16.6. The van der Waals surface area contributed by atoms with Crippen molar-refractivity contribution < 1.29 is 96.9 Å². The van der Waals surface area contributed by atoms with Crippen molar-refractivity contribution in [2.24, 2.45) is 0 Å². The largest absolute Gasteiger partial charge is 0.394 e. The van der Waals surface area contributed by atoms with E-state index in [9.17, 15) is 51.9 Å². The van der Waals surface area contributed by atoms with Crippen LogP contribution in [0.15, 0.2) is 85.3 Å². The summed E-state index contributed by atoms with van der Waals surface area (Å²) < 4.78 is 137. The molecule has 6 atom stereocenters. The van der Waals surface area contributed by atoms with Gasteiger partial charge in [-0.2, -0.15) is 19.9 Å². The number of ether oxygens (including phenoxy) is 5. The average Bonchev–Trinajstić information content (AvgIpc) is 1.74. The molecule has 564 valence electrons. The first kappa shape index (κ1) is 91.3. The number of nitrogen functional groups attached to an aromatic ring is 3. The van der Waals surface area contributed by atoms with Crippen LogP contribution >= 0.6 is 38.0 Å². The first-order valence-electron chi connectivity index (χ1n) is 30.1. The van der Waals surface area contributed by atoms with Crippen LogP contribution in [0.25, 0.3) is 0 Å². The van der Waals surface area contributed by atoms with Crippen molar-refractivity contribution >= 4 is 55.4 Å². The Kier molecular flexibility index (Phi) is 43.8. The number of epoxide rings is 1. The zero-order valence-electron chi connectivity index (χ0n) is 58.4. The number of nitrogens with zero attached hydrogens (tertiary/aromatic N) is 9. The number of aromatic nitrogens is 10. The molecule has 2 aliphatic rings. The monoisotopic (exact) mass is 1510 g/mol. The predicted octanol–water partition coefficient (Wildman–Crippen LogP) is 4.90. The third-order valence-corrected chi connectivity index (χ3v) is 21.5. The van der Waals surface area contributed by atoms with E-state index in [0.29, 0.717) is 37.3 Å². The lowest BCUT2D eigenvalue weighted by Gasteiger charge is -2.28. The van der Waals surface area contributed by atoms with Crippen LogP contribution in [0.2, 0.25) is 0 Å². The van der Waals surface area contributed by atoms with Crippen molar-refractivity contribution in [1.82, 2.24) is 48.2 Å². The van der Waals surface area contributed by atoms with E-state index in [-0.39, 0.29) is 105 Å². The van der Waals surface area contributed by atoms with Gasteiger partial charge in [0.15, 0.2) is 0 Å². The molecule has 2 aliphatic heterocycles. The summed E-state index contributed by atoms with van der Waals surface area (Å²) in [6, 6.07) is 7.99. The minimum Gasteiger partial charge on any atom is -0.394 e. The summed E-state index contributed by atoms with van der Waals surface area (Å²) in [6.45, 7) is 12.9. The van der Waals surface area contributed by atoms with Gasteiger partial charge in [-0.25, -0.2) is 29.0 Å². The van der Waals surface area contributed by atoms with Gasteiger partial charge < -0.3 is 96.2 Å². The molecule has 99 heavy (non-hydrogen) atoms. The van der Waals surface area contributed by atoms with Crippen molar-refractivity contribution in [2.75, 3.05) is 133 Å². The van der Waals surface area contributed by atoms with Gasteiger partial charge in [-0.05, 0) is 63.4 Å². The maximum atomic E-state index is 11.9. The Morgan fingerprint density at radius 3 is 1.21 bits per heavy atom. The molecular weight excluding hydrogens is 1410 g/mol. The van der Waals surface area contributed by atoms with Gasteiger partial charge in [0.2, 0.25) is 0 Å². The number of aromatic amines is 1. The van der Waals surface area contributed by atoms with Crippen LogP contribution in [0.5, 0.6) is 0 Å². The van der Waals surface area contributed by atoms with Crippen molar-refractivity contribution in [1.29, 1.82) is 0 Å². The molecule has 39 nitrogen and oxygen atoms in total. The number of nitrogens with two attached hydrogens (primary N) is 3. The van der Waals surface area contributed by atoms with E-state index in [2.05, 4.69) is 45.9 Å². The molecule has 44 heteroatoms. The smallest absolute Gasteiger partial charge is 0.355 e. The van der Waals surface area contributed by atoms with Gasteiger partial charge in [-0.3, -0.25) is 41.1 Å². The molecule has 0 radical (unpaired) electrons. The molecular formula is C55H98N13O26P5. The number of H-pyrrole nitrogens is 1. The van der Waals surface area contributed by atoms with Crippen LogP contribution in [0.4, 0.5) is 17.5 Å². The second-order valence-corrected chi connectivity index (χ2v) is 31.6. The highest BCUT2D eigenvalue weighted by molar-refractivity contribution is 7.54. The Morgan fingerprint density at radius 2 is 0.939 bits per heavy atom. The number of nitrogens with one attached hydrogen (secondary N) is 1. The maximum Gasteiger partial charge on any atom is 0.355 e. The Hall–Kier alpha value is -5.69. The quantitative estimate of drug-likeness (QED) is 0.0291.